The van der Waals surface area contributed by atoms with E-state index in [1.807, 2.05) is 58.0 Å². The first-order valence-corrected chi connectivity index (χ1v) is 15.5. The van der Waals surface area contributed by atoms with Crippen LogP contribution in [0.1, 0.15) is 64.2 Å². The van der Waals surface area contributed by atoms with Crippen LogP contribution in [0.5, 0.6) is 5.75 Å². The molecular formula is C33H49N5O6. The highest BCUT2D eigenvalue weighted by Gasteiger charge is 2.31. The molecule has 44 heavy (non-hydrogen) atoms. The summed E-state index contributed by atoms with van der Waals surface area (Å²) < 4.78 is 12.6. The normalized spacial score (nSPS) is 20.5. The highest BCUT2D eigenvalue weighted by molar-refractivity contribution is 5.99. The molecule has 11 nitrogen and oxygen atoms in total. The number of carbonyl (C=O) groups is 3. The molecule has 1 aliphatic rings. The molecule has 242 valence electrons. The number of aliphatic hydroxyl groups excluding tert-OH is 1. The summed E-state index contributed by atoms with van der Waals surface area (Å²) in [4.78, 5) is 42.8. The van der Waals surface area contributed by atoms with Crippen molar-refractivity contribution >= 4 is 29.3 Å². The van der Waals surface area contributed by atoms with Crippen molar-refractivity contribution in [1.29, 1.82) is 0 Å². The minimum absolute atomic E-state index is 0.0564. The van der Waals surface area contributed by atoms with Crippen molar-refractivity contribution in [2.45, 2.75) is 78.2 Å². The number of fused-ring (bicyclic) bond motifs is 1. The molecule has 0 spiro atoms. The van der Waals surface area contributed by atoms with Gasteiger partial charge in [-0.2, -0.15) is 0 Å². The summed E-state index contributed by atoms with van der Waals surface area (Å²) in [7, 11) is 1.72. The van der Waals surface area contributed by atoms with Gasteiger partial charge in [-0.25, -0.2) is 9.59 Å². The van der Waals surface area contributed by atoms with Gasteiger partial charge in [0, 0.05) is 50.1 Å². The third kappa shape index (κ3) is 10.4. The van der Waals surface area contributed by atoms with E-state index in [0.717, 1.165) is 19.3 Å². The molecule has 11 heteroatoms. The third-order valence-electron chi connectivity index (χ3n) is 7.55. The van der Waals surface area contributed by atoms with E-state index in [1.165, 1.54) is 0 Å². The van der Waals surface area contributed by atoms with Gasteiger partial charge in [-0.1, -0.05) is 25.1 Å². The lowest BCUT2D eigenvalue weighted by molar-refractivity contribution is -0.0115. The number of hydrogen-bond acceptors (Lipinski definition) is 6. The Morgan fingerprint density at radius 1 is 1.05 bits per heavy atom. The van der Waals surface area contributed by atoms with Crippen LogP contribution in [0.3, 0.4) is 0 Å². The number of benzene rings is 2. The maximum atomic E-state index is 14.2. The number of anilines is 2. The quantitative estimate of drug-likeness (QED) is 0.341. The van der Waals surface area contributed by atoms with Crippen LogP contribution in [0.4, 0.5) is 21.0 Å². The average molecular weight is 612 g/mol. The predicted octanol–water partition coefficient (Wildman–Crippen LogP) is 5.18. The zero-order chi connectivity index (χ0) is 32.2. The van der Waals surface area contributed by atoms with Crippen LogP contribution < -0.4 is 20.7 Å². The lowest BCUT2D eigenvalue weighted by Crippen LogP contribution is -2.48. The van der Waals surface area contributed by atoms with Gasteiger partial charge >= 0.3 is 12.1 Å². The fourth-order valence-electron chi connectivity index (χ4n) is 4.99. The van der Waals surface area contributed by atoms with Gasteiger partial charge in [0.2, 0.25) is 0 Å². The monoisotopic (exact) mass is 611 g/mol. The van der Waals surface area contributed by atoms with Crippen molar-refractivity contribution < 1.29 is 29.0 Å². The average Bonchev–Trinajstić information content (AvgIpc) is 2.98. The molecule has 1 aliphatic heterocycles. The Balaban J connectivity index is 1.89. The number of aliphatic hydroxyl groups is 1. The largest absolute Gasteiger partial charge is 0.490 e. The van der Waals surface area contributed by atoms with Crippen LogP contribution in [0.15, 0.2) is 48.5 Å². The Labute approximate surface area is 261 Å². The van der Waals surface area contributed by atoms with Crippen molar-refractivity contribution in [2.24, 2.45) is 5.92 Å². The lowest BCUT2D eigenvalue weighted by atomic mass is 10.0. The van der Waals surface area contributed by atoms with Gasteiger partial charge in [0.1, 0.15) is 5.75 Å². The molecule has 0 radical (unpaired) electrons. The van der Waals surface area contributed by atoms with Gasteiger partial charge in [-0.3, -0.25) is 4.79 Å². The van der Waals surface area contributed by atoms with Gasteiger partial charge in [0.15, 0.2) is 0 Å². The molecule has 4 atom stereocenters. The van der Waals surface area contributed by atoms with E-state index in [2.05, 4.69) is 16.0 Å². The van der Waals surface area contributed by atoms with E-state index in [9.17, 15) is 19.5 Å². The number of nitrogens with zero attached hydrogens (tertiary/aromatic N) is 2. The van der Waals surface area contributed by atoms with E-state index in [0.29, 0.717) is 35.8 Å². The number of likely N-dealkylation sites (N-methyl/N-ethyl adjacent to an activating group) is 1. The summed E-state index contributed by atoms with van der Waals surface area (Å²) in [6.45, 7) is 10.3. The number of carbonyl (C=O) groups excluding carboxylic acids is 3. The van der Waals surface area contributed by atoms with E-state index in [4.69, 9.17) is 9.47 Å². The minimum atomic E-state index is -0.510. The Bertz CT molecular complexity index is 1230. The first-order valence-electron chi connectivity index (χ1n) is 15.5. The minimum Gasteiger partial charge on any atom is -0.490 e. The zero-order valence-electron chi connectivity index (χ0n) is 26.8. The molecule has 5 amide bonds. The van der Waals surface area contributed by atoms with Crippen LogP contribution in [0.2, 0.25) is 0 Å². The van der Waals surface area contributed by atoms with E-state index < -0.39 is 6.04 Å². The molecule has 0 saturated carbocycles. The van der Waals surface area contributed by atoms with Crippen molar-refractivity contribution in [3.8, 4) is 5.75 Å². The molecule has 1 heterocycles. The van der Waals surface area contributed by atoms with Crippen molar-refractivity contribution in [3.05, 3.63) is 54.1 Å². The highest BCUT2D eigenvalue weighted by atomic mass is 16.5. The molecule has 2 aromatic carbocycles. The van der Waals surface area contributed by atoms with Gasteiger partial charge in [-0.05, 0) is 77.3 Å². The van der Waals surface area contributed by atoms with Gasteiger partial charge in [0.05, 0.1) is 30.4 Å². The second kappa shape index (κ2) is 16.9. The number of ether oxygens (including phenoxy) is 2. The van der Waals surface area contributed by atoms with Crippen LogP contribution in [-0.2, 0) is 4.74 Å². The number of nitrogens with one attached hydrogen (secondary N) is 3. The Hall–Kier alpha value is -3.83. The predicted molar refractivity (Wildman–Crippen MR) is 172 cm³/mol. The molecule has 0 unspecified atom stereocenters. The smallest absolute Gasteiger partial charge is 0.321 e. The fourth-order valence-corrected chi connectivity index (χ4v) is 4.99. The Morgan fingerprint density at radius 2 is 1.77 bits per heavy atom. The topological polar surface area (TPSA) is 132 Å². The summed E-state index contributed by atoms with van der Waals surface area (Å²) in [6.07, 6.45) is 1.89. The van der Waals surface area contributed by atoms with Gasteiger partial charge < -0.3 is 40.3 Å². The van der Waals surface area contributed by atoms with Crippen LogP contribution in [0.25, 0.3) is 0 Å². The number of urea groups is 2. The standard InChI is InChI=1S/C33H49N5O6/c1-22(2)34-32(41)35-27-15-16-29-28(18-27)31(40)38(24(4)21-39)19-23(3)30(43-17-11-10-12-25(5)44-29)20-37(6)33(42)36-26-13-8-7-9-14-26/h7-9,13-16,18,22-25,30,39H,10-12,17,19-21H2,1-6H3,(H,36,42)(H2,34,35,41)/t23-,24-,25-,30+/m1/s1. The van der Waals surface area contributed by atoms with Crippen LogP contribution in [0, 0.1) is 5.92 Å². The van der Waals surface area contributed by atoms with Crippen molar-refractivity contribution in [3.63, 3.8) is 0 Å². The summed E-state index contributed by atoms with van der Waals surface area (Å²) in [5.41, 5.74) is 1.44. The second-order valence-corrected chi connectivity index (χ2v) is 11.9. The molecule has 0 fully saturated rings. The first kappa shape index (κ1) is 34.7. The Morgan fingerprint density at radius 3 is 2.45 bits per heavy atom. The maximum Gasteiger partial charge on any atom is 0.321 e. The lowest BCUT2D eigenvalue weighted by Gasteiger charge is -2.35. The number of hydrogen-bond donors (Lipinski definition) is 4. The fraction of sp³-hybridized carbons (Fsp3) is 0.545. The third-order valence-corrected chi connectivity index (χ3v) is 7.55. The number of para-hydroxylation sites is 1. The number of amides is 5. The molecule has 0 aromatic heterocycles. The summed E-state index contributed by atoms with van der Waals surface area (Å²) in [5.74, 6) is -0.105. The zero-order valence-corrected chi connectivity index (χ0v) is 26.8. The molecule has 4 N–H and O–H groups in total. The summed E-state index contributed by atoms with van der Waals surface area (Å²) in [5, 5.41) is 18.6. The van der Waals surface area contributed by atoms with E-state index in [1.54, 1.807) is 42.0 Å². The molecule has 0 saturated heterocycles. The molecule has 0 bridgehead atoms. The van der Waals surface area contributed by atoms with Crippen molar-refractivity contribution in [2.75, 3.05) is 44.0 Å². The molecule has 0 aliphatic carbocycles. The highest BCUT2D eigenvalue weighted by Crippen LogP contribution is 2.28. The molecule has 3 rings (SSSR count). The van der Waals surface area contributed by atoms with Gasteiger partial charge in [-0.15, -0.1) is 0 Å². The van der Waals surface area contributed by atoms with E-state index in [-0.39, 0.29) is 55.3 Å². The second-order valence-electron chi connectivity index (χ2n) is 11.9. The SMILES string of the molecule is CC(C)NC(=O)Nc1ccc2c(c1)C(=O)N([C@H](C)CO)C[C@@H](C)[C@H](CN(C)C(=O)Nc1ccccc1)OCCCC[C@@H](C)O2. The molecule has 2 aromatic rings. The molecular weight excluding hydrogens is 562 g/mol. The first-order chi connectivity index (χ1) is 21.0. The van der Waals surface area contributed by atoms with Crippen LogP contribution in [-0.4, -0.2) is 90.5 Å². The summed E-state index contributed by atoms with van der Waals surface area (Å²) in [6, 6.07) is 13.1. The van der Waals surface area contributed by atoms with E-state index >= 15 is 0 Å². The Kier molecular flexibility index (Phi) is 13.3. The van der Waals surface area contributed by atoms with Gasteiger partial charge in [0.25, 0.3) is 5.91 Å². The number of rotatable bonds is 7. The van der Waals surface area contributed by atoms with Crippen LogP contribution >= 0.6 is 0 Å². The maximum absolute atomic E-state index is 14.2. The summed E-state index contributed by atoms with van der Waals surface area (Å²) >= 11 is 0. The van der Waals surface area contributed by atoms with Crippen molar-refractivity contribution in [1.82, 2.24) is 15.1 Å².